The zero-order chi connectivity index (χ0) is 16.1. The second-order valence-electron chi connectivity index (χ2n) is 4.43. The van der Waals surface area contributed by atoms with Crippen LogP contribution < -0.4 is 0 Å². The first-order valence-electron chi connectivity index (χ1n) is 6.27. The summed E-state index contributed by atoms with van der Waals surface area (Å²) in [6.45, 7) is 0. The highest BCUT2D eigenvalue weighted by Crippen LogP contribution is 2.13. The van der Waals surface area contributed by atoms with Crippen molar-refractivity contribution in [3.8, 4) is 0 Å². The van der Waals surface area contributed by atoms with Gasteiger partial charge in [0.05, 0.1) is 10.5 Å². The van der Waals surface area contributed by atoms with E-state index in [4.69, 9.17) is 5.11 Å². The van der Waals surface area contributed by atoms with Crippen LogP contribution in [0.15, 0.2) is 54.6 Å². The second-order valence-corrected chi connectivity index (χ2v) is 4.43. The van der Waals surface area contributed by atoms with E-state index < -0.39 is 10.9 Å². The minimum Gasteiger partial charge on any atom is -0.478 e. The Balaban J connectivity index is 2.10. The summed E-state index contributed by atoms with van der Waals surface area (Å²) in [5, 5.41) is 19.3. The van der Waals surface area contributed by atoms with E-state index in [0.29, 0.717) is 11.1 Å². The Labute approximate surface area is 125 Å². The molecule has 6 nitrogen and oxygen atoms in total. The van der Waals surface area contributed by atoms with Crippen LogP contribution in [0, 0.1) is 10.1 Å². The summed E-state index contributed by atoms with van der Waals surface area (Å²) in [7, 11) is 0. The topological polar surface area (TPSA) is 97.5 Å². The lowest BCUT2D eigenvalue weighted by atomic mass is 10.1. The number of nitro groups is 1. The van der Waals surface area contributed by atoms with Crippen molar-refractivity contribution in [2.75, 3.05) is 0 Å². The summed E-state index contributed by atoms with van der Waals surface area (Å²) >= 11 is 0. The van der Waals surface area contributed by atoms with E-state index in [9.17, 15) is 19.7 Å². The van der Waals surface area contributed by atoms with Gasteiger partial charge in [-0.15, -0.1) is 0 Å². The summed E-state index contributed by atoms with van der Waals surface area (Å²) in [6.07, 6.45) is 2.88. The minimum absolute atomic E-state index is 0.0789. The number of carbonyl (C=O) groups is 2. The third-order valence-electron chi connectivity index (χ3n) is 2.95. The molecule has 0 fully saturated rings. The minimum atomic E-state index is -1.02. The van der Waals surface area contributed by atoms with Crippen molar-refractivity contribution in [2.24, 2.45) is 0 Å². The molecule has 0 aliphatic rings. The van der Waals surface area contributed by atoms with Gasteiger partial charge in [-0.25, -0.2) is 4.79 Å². The van der Waals surface area contributed by atoms with Crippen molar-refractivity contribution in [1.82, 2.24) is 0 Å². The molecule has 0 aromatic heterocycles. The van der Waals surface area contributed by atoms with Crippen molar-refractivity contribution in [1.29, 1.82) is 0 Å². The molecule has 0 bridgehead atoms. The smallest absolute Gasteiger partial charge is 0.335 e. The molecule has 2 rings (SSSR count). The molecule has 0 saturated carbocycles. The first-order valence-corrected chi connectivity index (χ1v) is 6.27. The Morgan fingerprint density at radius 1 is 0.955 bits per heavy atom. The number of benzene rings is 2. The maximum Gasteiger partial charge on any atom is 0.335 e. The second kappa shape index (κ2) is 6.45. The molecule has 0 aliphatic carbocycles. The predicted octanol–water partition coefficient (Wildman–Crippen LogP) is 3.19. The van der Waals surface area contributed by atoms with Crippen LogP contribution in [-0.4, -0.2) is 21.8 Å². The number of hydrogen-bond acceptors (Lipinski definition) is 4. The number of ketones is 1. The number of carboxylic acid groups (broad SMARTS) is 1. The maximum atomic E-state index is 11.9. The number of nitro benzene ring substituents is 1. The van der Waals surface area contributed by atoms with Gasteiger partial charge in [-0.1, -0.05) is 18.2 Å². The molecule has 1 N–H and O–H groups in total. The monoisotopic (exact) mass is 297 g/mol. The first kappa shape index (κ1) is 15.1. The highest BCUT2D eigenvalue weighted by Gasteiger charge is 2.07. The van der Waals surface area contributed by atoms with Gasteiger partial charge in [0, 0.05) is 17.7 Å². The Hall–Kier alpha value is -3.28. The van der Waals surface area contributed by atoms with Crippen LogP contribution in [0.25, 0.3) is 6.08 Å². The van der Waals surface area contributed by atoms with E-state index in [-0.39, 0.29) is 17.0 Å². The van der Waals surface area contributed by atoms with Gasteiger partial charge in [0.25, 0.3) is 5.69 Å². The lowest BCUT2D eigenvalue weighted by molar-refractivity contribution is -0.384. The van der Waals surface area contributed by atoms with Crippen LogP contribution in [0.5, 0.6) is 0 Å². The SMILES string of the molecule is O=C(O)c1ccc(/C=C/C(=O)c2ccc([N+](=O)[O-])cc2)cc1. The molecule has 0 aliphatic heterocycles. The van der Waals surface area contributed by atoms with E-state index in [2.05, 4.69) is 0 Å². The highest BCUT2D eigenvalue weighted by atomic mass is 16.6. The predicted molar refractivity (Wildman–Crippen MR) is 79.9 cm³/mol. The normalized spacial score (nSPS) is 10.5. The summed E-state index contributed by atoms with van der Waals surface area (Å²) in [4.78, 5) is 32.6. The van der Waals surface area contributed by atoms with Crippen LogP contribution in [0.1, 0.15) is 26.3 Å². The number of non-ortho nitro benzene ring substituents is 1. The largest absolute Gasteiger partial charge is 0.478 e. The maximum absolute atomic E-state index is 11.9. The number of rotatable bonds is 5. The summed E-state index contributed by atoms with van der Waals surface area (Å²) < 4.78 is 0. The fourth-order valence-electron chi connectivity index (χ4n) is 1.75. The van der Waals surface area contributed by atoms with Gasteiger partial charge in [-0.3, -0.25) is 14.9 Å². The average Bonchev–Trinajstić information content (AvgIpc) is 2.53. The average molecular weight is 297 g/mol. The van der Waals surface area contributed by atoms with Gasteiger partial charge in [-0.05, 0) is 35.9 Å². The Morgan fingerprint density at radius 2 is 1.50 bits per heavy atom. The molecule has 0 unspecified atom stereocenters. The number of nitrogens with zero attached hydrogens (tertiary/aromatic N) is 1. The molecule has 0 amide bonds. The molecule has 22 heavy (non-hydrogen) atoms. The lowest BCUT2D eigenvalue weighted by Gasteiger charge is -1.97. The molecular formula is C16H11NO5. The third-order valence-corrected chi connectivity index (χ3v) is 2.95. The molecule has 0 heterocycles. The van der Waals surface area contributed by atoms with Gasteiger partial charge in [0.15, 0.2) is 5.78 Å². The third kappa shape index (κ3) is 3.63. The van der Waals surface area contributed by atoms with Gasteiger partial charge in [0.2, 0.25) is 0 Å². The van der Waals surface area contributed by atoms with Crippen LogP contribution in [0.3, 0.4) is 0 Å². The Bertz CT molecular complexity index is 745. The molecule has 0 radical (unpaired) electrons. The van der Waals surface area contributed by atoms with Crippen molar-refractivity contribution in [2.45, 2.75) is 0 Å². The van der Waals surface area contributed by atoms with Crippen LogP contribution >= 0.6 is 0 Å². The van der Waals surface area contributed by atoms with Crippen molar-refractivity contribution < 1.29 is 19.6 Å². The molecule has 2 aromatic rings. The first-order chi connectivity index (χ1) is 10.5. The fourth-order valence-corrected chi connectivity index (χ4v) is 1.75. The summed E-state index contributed by atoms with van der Waals surface area (Å²) in [6, 6.07) is 11.4. The standard InChI is InChI=1S/C16H11NO5/c18-15(12-6-8-14(9-7-12)17(21)22)10-3-11-1-4-13(5-2-11)16(19)20/h1-10H,(H,19,20)/b10-3+. The number of carbonyl (C=O) groups excluding carboxylic acids is 1. The number of carboxylic acids is 1. The van der Waals surface area contributed by atoms with Crippen molar-refractivity contribution in [3.05, 3.63) is 81.4 Å². The number of aromatic carboxylic acids is 1. The highest BCUT2D eigenvalue weighted by molar-refractivity contribution is 6.06. The van der Waals surface area contributed by atoms with Gasteiger partial charge in [0.1, 0.15) is 0 Å². The summed E-state index contributed by atoms with van der Waals surface area (Å²) in [5.74, 6) is -1.31. The van der Waals surface area contributed by atoms with Crippen LogP contribution in [0.4, 0.5) is 5.69 Å². The molecule has 2 aromatic carbocycles. The summed E-state index contributed by atoms with van der Waals surface area (Å²) in [5.41, 5.74) is 1.10. The van der Waals surface area contributed by atoms with Crippen molar-refractivity contribution in [3.63, 3.8) is 0 Å². The Morgan fingerprint density at radius 3 is 2.00 bits per heavy atom. The van der Waals surface area contributed by atoms with Crippen molar-refractivity contribution >= 4 is 23.5 Å². The molecule has 6 heteroatoms. The number of hydrogen-bond donors (Lipinski definition) is 1. The lowest BCUT2D eigenvalue weighted by Crippen LogP contribution is -1.96. The fraction of sp³-hybridized carbons (Fsp3) is 0. The molecule has 0 spiro atoms. The van der Waals surface area contributed by atoms with E-state index in [1.165, 1.54) is 42.5 Å². The molecule has 110 valence electrons. The van der Waals surface area contributed by atoms with E-state index >= 15 is 0 Å². The zero-order valence-corrected chi connectivity index (χ0v) is 11.3. The van der Waals surface area contributed by atoms with E-state index in [1.54, 1.807) is 18.2 Å². The quantitative estimate of drug-likeness (QED) is 0.395. The zero-order valence-electron chi connectivity index (χ0n) is 11.3. The van der Waals surface area contributed by atoms with Crippen LogP contribution in [-0.2, 0) is 0 Å². The molecule has 0 saturated heterocycles. The van der Waals surface area contributed by atoms with E-state index in [1.807, 2.05) is 0 Å². The molecule has 0 atom stereocenters. The van der Waals surface area contributed by atoms with Gasteiger partial charge >= 0.3 is 5.97 Å². The molecular weight excluding hydrogens is 286 g/mol. The Kier molecular flexibility index (Phi) is 4.43. The van der Waals surface area contributed by atoms with Crippen LogP contribution in [0.2, 0.25) is 0 Å². The van der Waals surface area contributed by atoms with E-state index in [0.717, 1.165) is 0 Å². The van der Waals surface area contributed by atoms with Gasteiger partial charge < -0.3 is 5.11 Å². The van der Waals surface area contributed by atoms with Gasteiger partial charge in [-0.2, -0.15) is 0 Å². The number of allylic oxidation sites excluding steroid dienone is 1.